The third-order valence-electron chi connectivity index (χ3n) is 4.57. The predicted molar refractivity (Wildman–Crippen MR) is 91.5 cm³/mol. The number of likely N-dealkylation sites (tertiary alicyclic amines) is 1. The lowest BCUT2D eigenvalue weighted by Crippen LogP contribution is -2.45. The van der Waals surface area contributed by atoms with Crippen LogP contribution in [0.25, 0.3) is 0 Å². The molecule has 0 aliphatic carbocycles. The fourth-order valence-corrected chi connectivity index (χ4v) is 3.18. The van der Waals surface area contributed by atoms with E-state index in [1.54, 1.807) is 0 Å². The molecule has 0 bridgehead atoms. The summed E-state index contributed by atoms with van der Waals surface area (Å²) in [6, 6.07) is 2.98. The number of fused-ring (bicyclic) bond motifs is 1. The second-order valence-electron chi connectivity index (χ2n) is 6.50. The Bertz CT molecular complexity index is 598. The van der Waals surface area contributed by atoms with E-state index >= 15 is 0 Å². The maximum Gasteiger partial charge on any atom is 0.194 e. The van der Waals surface area contributed by atoms with Gasteiger partial charge >= 0.3 is 0 Å². The van der Waals surface area contributed by atoms with Gasteiger partial charge in [-0.3, -0.25) is 0 Å². The Morgan fingerprint density at radius 1 is 1.38 bits per heavy atom. The van der Waals surface area contributed by atoms with Gasteiger partial charge in [-0.15, -0.1) is 0 Å². The molecule has 0 spiro atoms. The lowest BCUT2D eigenvalue weighted by atomic mass is 9.99. The molecule has 0 aromatic heterocycles. The minimum absolute atomic E-state index is 0.208. The maximum atomic E-state index is 13.8. The van der Waals surface area contributed by atoms with Gasteiger partial charge in [0.2, 0.25) is 0 Å². The average Bonchev–Trinajstić information content (AvgIpc) is 2.59. The predicted octanol–water partition coefficient (Wildman–Crippen LogP) is 2.89. The summed E-state index contributed by atoms with van der Waals surface area (Å²) >= 11 is 0. The Hall–Kier alpha value is -1.82. The highest BCUT2D eigenvalue weighted by molar-refractivity contribution is 5.80. The molecular formula is C18H26FN3O2. The van der Waals surface area contributed by atoms with E-state index < -0.39 is 0 Å². The molecule has 2 aliphatic rings. The highest BCUT2D eigenvalue weighted by Gasteiger charge is 2.20. The zero-order chi connectivity index (χ0) is 16.9. The van der Waals surface area contributed by atoms with Crippen molar-refractivity contribution in [2.75, 3.05) is 26.4 Å². The van der Waals surface area contributed by atoms with Crippen molar-refractivity contribution in [3.8, 4) is 5.75 Å². The molecular weight excluding hydrogens is 309 g/mol. The van der Waals surface area contributed by atoms with Crippen LogP contribution in [0.1, 0.15) is 37.8 Å². The number of benzene rings is 1. The zero-order valence-corrected chi connectivity index (χ0v) is 14.5. The minimum Gasteiger partial charge on any atom is -0.467 e. The fraction of sp³-hybridized carbons (Fsp3) is 0.611. The van der Waals surface area contributed by atoms with Crippen LogP contribution in [0.2, 0.25) is 0 Å². The van der Waals surface area contributed by atoms with Gasteiger partial charge in [-0.1, -0.05) is 6.92 Å². The van der Waals surface area contributed by atoms with Crippen LogP contribution in [-0.2, 0) is 17.9 Å². The summed E-state index contributed by atoms with van der Waals surface area (Å²) in [5.41, 5.74) is 1.53. The lowest BCUT2D eigenvalue weighted by Gasteiger charge is -2.33. The van der Waals surface area contributed by atoms with Crippen molar-refractivity contribution in [3.63, 3.8) is 0 Å². The molecule has 0 unspecified atom stereocenters. The molecule has 1 fully saturated rings. The number of rotatable bonds is 3. The summed E-state index contributed by atoms with van der Waals surface area (Å²) in [6.07, 6.45) is 2.36. The molecule has 5 nitrogen and oxygen atoms in total. The maximum absolute atomic E-state index is 13.8. The molecule has 1 N–H and O–H groups in total. The zero-order valence-electron chi connectivity index (χ0n) is 14.5. The van der Waals surface area contributed by atoms with Crippen LogP contribution in [0.15, 0.2) is 17.1 Å². The van der Waals surface area contributed by atoms with Crippen LogP contribution in [0, 0.1) is 11.7 Å². The highest BCUT2D eigenvalue weighted by atomic mass is 19.1. The summed E-state index contributed by atoms with van der Waals surface area (Å²) in [5.74, 6) is 2.11. The smallest absolute Gasteiger partial charge is 0.194 e. The summed E-state index contributed by atoms with van der Waals surface area (Å²) in [6.45, 7) is 8.18. The minimum atomic E-state index is -0.273. The van der Waals surface area contributed by atoms with Crippen LogP contribution in [0.4, 0.5) is 4.39 Å². The lowest BCUT2D eigenvalue weighted by molar-refractivity contribution is -0.0172. The Morgan fingerprint density at radius 3 is 2.92 bits per heavy atom. The SMILES string of the molecule is CCNC(=NCc1cc(F)cc2c1OCOC2)N1CCC(C)CC1. The molecule has 2 heterocycles. The van der Waals surface area contributed by atoms with E-state index in [0.717, 1.165) is 48.4 Å². The van der Waals surface area contributed by atoms with Crippen LogP contribution >= 0.6 is 0 Å². The molecule has 3 rings (SSSR count). The van der Waals surface area contributed by atoms with Crippen molar-refractivity contribution in [1.82, 2.24) is 10.2 Å². The summed E-state index contributed by atoms with van der Waals surface area (Å²) in [5, 5.41) is 3.35. The van der Waals surface area contributed by atoms with Crippen molar-refractivity contribution < 1.29 is 13.9 Å². The standard InChI is InChI=1S/C18H26FN3O2/c1-3-20-18(22-6-4-13(2)5-7-22)21-10-14-8-16(19)9-15-11-23-12-24-17(14)15/h8-9,13H,3-7,10-12H2,1-2H3,(H,20,21). The van der Waals surface area contributed by atoms with Crippen LogP contribution in [-0.4, -0.2) is 37.3 Å². The summed E-state index contributed by atoms with van der Waals surface area (Å²) < 4.78 is 24.6. The second kappa shape index (κ2) is 7.83. The normalized spacial score (nSPS) is 19.0. The number of piperidine rings is 1. The first-order valence-corrected chi connectivity index (χ1v) is 8.72. The number of halogens is 1. The second-order valence-corrected chi connectivity index (χ2v) is 6.50. The van der Waals surface area contributed by atoms with Crippen LogP contribution < -0.4 is 10.1 Å². The van der Waals surface area contributed by atoms with Gasteiger partial charge in [0.15, 0.2) is 12.8 Å². The number of hydrogen-bond donors (Lipinski definition) is 1. The first-order chi connectivity index (χ1) is 11.7. The van der Waals surface area contributed by atoms with Crippen molar-refractivity contribution in [2.24, 2.45) is 10.9 Å². The first kappa shape index (κ1) is 17.0. The molecule has 2 aliphatic heterocycles. The van der Waals surface area contributed by atoms with E-state index in [0.29, 0.717) is 13.2 Å². The van der Waals surface area contributed by atoms with Gasteiger partial charge < -0.3 is 19.7 Å². The summed E-state index contributed by atoms with van der Waals surface area (Å²) in [7, 11) is 0. The Labute approximate surface area is 142 Å². The van der Waals surface area contributed by atoms with Gasteiger partial charge in [0, 0.05) is 30.8 Å². The van der Waals surface area contributed by atoms with Crippen molar-refractivity contribution >= 4 is 5.96 Å². The van der Waals surface area contributed by atoms with Crippen LogP contribution in [0.3, 0.4) is 0 Å². The molecule has 6 heteroatoms. The molecule has 0 radical (unpaired) electrons. The Kier molecular flexibility index (Phi) is 5.56. The highest BCUT2D eigenvalue weighted by Crippen LogP contribution is 2.30. The third kappa shape index (κ3) is 3.98. The first-order valence-electron chi connectivity index (χ1n) is 8.72. The molecule has 1 aromatic carbocycles. The molecule has 132 valence electrons. The van der Waals surface area contributed by atoms with Gasteiger partial charge in [0.1, 0.15) is 11.6 Å². The topological polar surface area (TPSA) is 46.1 Å². The molecule has 1 aromatic rings. The van der Waals surface area contributed by atoms with Gasteiger partial charge in [0.25, 0.3) is 0 Å². The van der Waals surface area contributed by atoms with Crippen molar-refractivity contribution in [3.05, 3.63) is 29.1 Å². The molecule has 0 atom stereocenters. The van der Waals surface area contributed by atoms with Gasteiger partial charge in [-0.2, -0.15) is 0 Å². The number of nitrogens with zero attached hydrogens (tertiary/aromatic N) is 2. The van der Waals surface area contributed by atoms with Crippen molar-refractivity contribution in [2.45, 2.75) is 39.8 Å². The number of ether oxygens (including phenoxy) is 2. The summed E-state index contributed by atoms with van der Waals surface area (Å²) in [4.78, 5) is 7.02. The number of hydrogen-bond acceptors (Lipinski definition) is 3. The average molecular weight is 335 g/mol. The van der Waals surface area contributed by atoms with E-state index in [4.69, 9.17) is 14.5 Å². The monoisotopic (exact) mass is 335 g/mol. The van der Waals surface area contributed by atoms with E-state index in [9.17, 15) is 4.39 Å². The third-order valence-corrected chi connectivity index (χ3v) is 4.57. The van der Waals surface area contributed by atoms with Gasteiger partial charge in [-0.05, 0) is 37.8 Å². The largest absolute Gasteiger partial charge is 0.467 e. The van der Waals surface area contributed by atoms with E-state index in [2.05, 4.69) is 24.1 Å². The fourth-order valence-electron chi connectivity index (χ4n) is 3.18. The Balaban J connectivity index is 1.78. The number of guanidine groups is 1. The molecule has 1 saturated heterocycles. The van der Waals surface area contributed by atoms with E-state index in [1.165, 1.54) is 25.0 Å². The molecule has 24 heavy (non-hydrogen) atoms. The van der Waals surface area contributed by atoms with Gasteiger partial charge in [0.05, 0.1) is 13.2 Å². The van der Waals surface area contributed by atoms with Gasteiger partial charge in [-0.25, -0.2) is 9.38 Å². The quantitative estimate of drug-likeness (QED) is 0.681. The Morgan fingerprint density at radius 2 is 2.17 bits per heavy atom. The van der Waals surface area contributed by atoms with Crippen LogP contribution in [0.5, 0.6) is 5.75 Å². The van der Waals surface area contributed by atoms with E-state index in [1.807, 2.05) is 0 Å². The van der Waals surface area contributed by atoms with Crippen molar-refractivity contribution in [1.29, 1.82) is 0 Å². The molecule has 0 amide bonds. The van der Waals surface area contributed by atoms with E-state index in [-0.39, 0.29) is 12.6 Å². The number of nitrogens with one attached hydrogen (secondary N) is 1. The molecule has 0 saturated carbocycles. The number of aliphatic imine (C=N–C) groups is 1.